The molecule has 0 unspecified atom stereocenters. The molecule has 0 radical (unpaired) electrons. The molecule has 0 bridgehead atoms. The molecule has 2 aromatic rings. The molecule has 0 saturated heterocycles. The molecule has 1 aromatic heterocycles. The summed E-state index contributed by atoms with van der Waals surface area (Å²) < 4.78 is 61.3. The van der Waals surface area contributed by atoms with Gasteiger partial charge in [0.15, 0.2) is 0 Å². The second-order valence-electron chi connectivity index (χ2n) is 5.21. The number of hydrogen-bond donors (Lipinski definition) is 0. The molecule has 0 N–H and O–H groups in total. The standard InChI is InChI=1S/C16H12FN3O4S2/c1-25(21,22)20(26(2,23)24)16-8-12(5-6-15(16)17)3-4-13-7-14(9-18)11-19-10-13/h5-8,10-11H,1-2H3. The Bertz CT molecular complexity index is 1140. The first-order chi connectivity index (χ1) is 12.0. The zero-order valence-corrected chi connectivity index (χ0v) is 15.3. The first kappa shape index (κ1) is 19.4. The van der Waals surface area contributed by atoms with Gasteiger partial charge in [-0.05, 0) is 24.3 Å². The van der Waals surface area contributed by atoms with E-state index in [4.69, 9.17) is 5.26 Å². The SMILES string of the molecule is CS(=O)(=O)N(c1cc(C#Cc2cncc(C#N)c2)ccc1F)S(C)(=O)=O. The van der Waals surface area contributed by atoms with Crippen LogP contribution in [0.15, 0.2) is 36.7 Å². The predicted octanol–water partition coefficient (Wildman–Crippen LogP) is 1.22. The number of hydrogen-bond acceptors (Lipinski definition) is 6. The maximum atomic E-state index is 14.1. The average Bonchev–Trinajstić information content (AvgIpc) is 2.53. The molecule has 134 valence electrons. The maximum absolute atomic E-state index is 14.1. The molecule has 0 saturated carbocycles. The Kier molecular flexibility index (Phi) is 5.30. The second-order valence-corrected chi connectivity index (χ2v) is 9.11. The summed E-state index contributed by atoms with van der Waals surface area (Å²) in [6.45, 7) is 0. The number of nitrogens with zero attached hydrogens (tertiary/aromatic N) is 3. The van der Waals surface area contributed by atoms with E-state index < -0.39 is 31.6 Å². The fourth-order valence-corrected chi connectivity index (χ4v) is 5.01. The summed E-state index contributed by atoms with van der Waals surface area (Å²) in [6, 6.07) is 6.62. The van der Waals surface area contributed by atoms with Crippen LogP contribution in [0.2, 0.25) is 0 Å². The molecule has 0 amide bonds. The molecule has 0 spiro atoms. The van der Waals surface area contributed by atoms with Crippen LogP contribution >= 0.6 is 0 Å². The minimum atomic E-state index is -4.28. The highest BCUT2D eigenvalue weighted by Crippen LogP contribution is 2.25. The van der Waals surface area contributed by atoms with Crippen molar-refractivity contribution in [2.45, 2.75) is 0 Å². The normalized spacial score (nSPS) is 11.2. The van der Waals surface area contributed by atoms with Gasteiger partial charge in [0.1, 0.15) is 17.6 Å². The summed E-state index contributed by atoms with van der Waals surface area (Å²) in [5, 5.41) is 8.83. The van der Waals surface area contributed by atoms with E-state index in [0.29, 0.717) is 23.6 Å². The number of pyridine rings is 1. The predicted molar refractivity (Wildman–Crippen MR) is 93.5 cm³/mol. The monoisotopic (exact) mass is 393 g/mol. The summed E-state index contributed by atoms with van der Waals surface area (Å²) in [5.74, 6) is 4.32. The summed E-state index contributed by atoms with van der Waals surface area (Å²) in [5.41, 5.74) is 0.252. The maximum Gasteiger partial charge on any atom is 0.245 e. The molecule has 0 atom stereocenters. The van der Waals surface area contributed by atoms with Crippen LogP contribution in [0.1, 0.15) is 16.7 Å². The van der Waals surface area contributed by atoms with Gasteiger partial charge in [-0.3, -0.25) is 4.98 Å². The van der Waals surface area contributed by atoms with E-state index in [0.717, 1.165) is 12.1 Å². The fraction of sp³-hybridized carbons (Fsp3) is 0.125. The quantitative estimate of drug-likeness (QED) is 0.726. The van der Waals surface area contributed by atoms with Crippen LogP contribution in [0.25, 0.3) is 0 Å². The van der Waals surface area contributed by atoms with Gasteiger partial charge in [0.2, 0.25) is 20.0 Å². The first-order valence-electron chi connectivity index (χ1n) is 6.89. The van der Waals surface area contributed by atoms with E-state index in [1.165, 1.54) is 24.5 Å². The van der Waals surface area contributed by atoms with Crippen molar-refractivity contribution in [1.82, 2.24) is 4.98 Å². The largest absolute Gasteiger partial charge is 0.262 e. The van der Waals surface area contributed by atoms with Gasteiger partial charge in [-0.1, -0.05) is 11.8 Å². The topological polar surface area (TPSA) is 108 Å². The number of benzene rings is 1. The minimum Gasteiger partial charge on any atom is -0.262 e. The van der Waals surface area contributed by atoms with Crippen LogP contribution in [0.4, 0.5) is 10.1 Å². The fourth-order valence-electron chi connectivity index (χ4n) is 2.05. The smallest absolute Gasteiger partial charge is 0.245 e. The van der Waals surface area contributed by atoms with Crippen molar-refractivity contribution in [1.29, 1.82) is 5.26 Å². The number of nitriles is 1. The molecule has 0 aliphatic rings. The Morgan fingerprint density at radius 1 is 0.962 bits per heavy atom. The molecule has 26 heavy (non-hydrogen) atoms. The van der Waals surface area contributed by atoms with Crippen molar-refractivity contribution in [2.24, 2.45) is 0 Å². The lowest BCUT2D eigenvalue weighted by molar-refractivity contribution is 0.585. The molecule has 1 aromatic carbocycles. The van der Waals surface area contributed by atoms with E-state index in [1.807, 2.05) is 6.07 Å². The molecule has 0 aliphatic heterocycles. The molecule has 2 rings (SSSR count). The molecule has 10 heteroatoms. The van der Waals surface area contributed by atoms with Gasteiger partial charge < -0.3 is 0 Å². The number of rotatable bonds is 3. The third-order valence-corrected chi connectivity index (χ3v) is 6.19. The lowest BCUT2D eigenvalue weighted by Crippen LogP contribution is -2.35. The van der Waals surface area contributed by atoms with E-state index in [9.17, 15) is 21.2 Å². The molecular formula is C16H12FN3O4S2. The van der Waals surface area contributed by atoms with Crippen LogP contribution in [-0.2, 0) is 20.0 Å². The number of sulfonamides is 2. The van der Waals surface area contributed by atoms with E-state index >= 15 is 0 Å². The third-order valence-electron chi connectivity index (χ3n) is 2.96. The average molecular weight is 393 g/mol. The summed E-state index contributed by atoms with van der Waals surface area (Å²) in [6.07, 6.45) is 4.09. The van der Waals surface area contributed by atoms with Gasteiger partial charge in [-0.2, -0.15) is 8.97 Å². The van der Waals surface area contributed by atoms with Crippen LogP contribution in [0.3, 0.4) is 0 Å². The van der Waals surface area contributed by atoms with Gasteiger partial charge in [-0.15, -0.1) is 0 Å². The Balaban J connectivity index is 2.55. The van der Waals surface area contributed by atoms with Gasteiger partial charge in [-0.25, -0.2) is 21.2 Å². The molecular weight excluding hydrogens is 381 g/mol. The summed E-state index contributed by atoms with van der Waals surface area (Å²) >= 11 is 0. The highest BCUT2D eigenvalue weighted by Gasteiger charge is 2.29. The lowest BCUT2D eigenvalue weighted by Gasteiger charge is -2.20. The van der Waals surface area contributed by atoms with Crippen LogP contribution in [0.5, 0.6) is 0 Å². The summed E-state index contributed by atoms with van der Waals surface area (Å²) in [4.78, 5) is 3.84. The highest BCUT2D eigenvalue weighted by molar-refractivity contribution is 8.09. The Labute approximate surface area is 150 Å². The zero-order chi connectivity index (χ0) is 19.5. The van der Waals surface area contributed by atoms with Crippen molar-refractivity contribution in [2.75, 3.05) is 16.2 Å². The van der Waals surface area contributed by atoms with Gasteiger partial charge in [0.25, 0.3) is 0 Å². The lowest BCUT2D eigenvalue weighted by atomic mass is 10.1. The van der Waals surface area contributed by atoms with E-state index in [-0.39, 0.29) is 9.27 Å². The van der Waals surface area contributed by atoms with Gasteiger partial charge in [0.05, 0.1) is 18.1 Å². The van der Waals surface area contributed by atoms with Gasteiger partial charge >= 0.3 is 0 Å². The zero-order valence-electron chi connectivity index (χ0n) is 13.6. The number of halogens is 1. The van der Waals surface area contributed by atoms with Crippen molar-refractivity contribution < 1.29 is 21.2 Å². The van der Waals surface area contributed by atoms with E-state index in [2.05, 4.69) is 16.8 Å². The number of anilines is 1. The Hall–Kier alpha value is -2.95. The van der Waals surface area contributed by atoms with Crippen LogP contribution in [-0.4, -0.2) is 34.3 Å². The van der Waals surface area contributed by atoms with E-state index in [1.54, 1.807) is 0 Å². The van der Waals surface area contributed by atoms with Crippen molar-refractivity contribution in [3.8, 4) is 17.9 Å². The molecule has 7 nitrogen and oxygen atoms in total. The van der Waals surface area contributed by atoms with Crippen molar-refractivity contribution >= 4 is 25.7 Å². The van der Waals surface area contributed by atoms with Crippen LogP contribution < -0.4 is 3.71 Å². The van der Waals surface area contributed by atoms with Crippen molar-refractivity contribution in [3.05, 3.63) is 59.2 Å². The second kappa shape index (κ2) is 7.12. The van der Waals surface area contributed by atoms with Crippen molar-refractivity contribution in [3.63, 3.8) is 0 Å². The number of aromatic nitrogens is 1. The van der Waals surface area contributed by atoms with Gasteiger partial charge in [0, 0.05) is 23.5 Å². The summed E-state index contributed by atoms with van der Waals surface area (Å²) in [7, 11) is -8.56. The molecule has 0 aliphatic carbocycles. The third kappa shape index (κ3) is 4.57. The molecule has 1 heterocycles. The van der Waals surface area contributed by atoms with Crippen LogP contribution in [0, 0.1) is 29.0 Å². The Morgan fingerprint density at radius 2 is 1.54 bits per heavy atom. The highest BCUT2D eigenvalue weighted by atomic mass is 32.3. The first-order valence-corrected chi connectivity index (χ1v) is 10.6. The Morgan fingerprint density at radius 3 is 2.12 bits per heavy atom. The molecule has 0 fully saturated rings. The minimum absolute atomic E-state index is 0.0123.